The third kappa shape index (κ3) is 4.74. The smallest absolute Gasteiger partial charge is 0.385 e. The molecular weight excluding hydrogens is 253 g/mol. The molecular formula is C14H19F3N2. The standard InChI is InChI=1S/C14H19F3N2/c15-14(16,17)6-2-7-18-10-11-4-5-13-12(9-11)3-1-8-19-13/h4-5,9,18-19H,1-3,6-8,10H2. The molecule has 106 valence electrons. The lowest BCUT2D eigenvalue weighted by molar-refractivity contribution is -0.135. The fourth-order valence-electron chi connectivity index (χ4n) is 2.28. The van der Waals surface area contributed by atoms with Crippen LogP contribution in [0.4, 0.5) is 18.9 Å². The van der Waals surface area contributed by atoms with Crippen LogP contribution in [-0.2, 0) is 13.0 Å². The van der Waals surface area contributed by atoms with Gasteiger partial charge in [-0.3, -0.25) is 0 Å². The van der Waals surface area contributed by atoms with E-state index in [-0.39, 0.29) is 6.42 Å². The molecule has 0 amide bonds. The molecule has 1 heterocycles. The highest BCUT2D eigenvalue weighted by atomic mass is 19.4. The van der Waals surface area contributed by atoms with E-state index in [1.165, 1.54) is 11.3 Å². The molecule has 2 N–H and O–H groups in total. The fraction of sp³-hybridized carbons (Fsp3) is 0.571. The molecule has 0 bridgehead atoms. The highest BCUT2D eigenvalue weighted by Crippen LogP contribution is 2.23. The molecule has 1 aromatic carbocycles. The molecule has 0 aromatic heterocycles. The Morgan fingerprint density at radius 2 is 2.11 bits per heavy atom. The van der Waals surface area contributed by atoms with Crippen LogP contribution >= 0.6 is 0 Å². The zero-order chi connectivity index (χ0) is 13.7. The average Bonchev–Trinajstić information content (AvgIpc) is 2.37. The van der Waals surface area contributed by atoms with Crippen LogP contribution in [0.3, 0.4) is 0 Å². The first kappa shape index (κ1) is 14.2. The number of aryl methyl sites for hydroxylation is 1. The Bertz CT molecular complexity index is 416. The predicted octanol–water partition coefficient (Wildman–Crippen LogP) is 3.48. The molecule has 0 unspecified atom stereocenters. The molecule has 0 saturated carbocycles. The van der Waals surface area contributed by atoms with Crippen LogP contribution in [0.25, 0.3) is 0 Å². The number of hydrogen-bond acceptors (Lipinski definition) is 2. The summed E-state index contributed by atoms with van der Waals surface area (Å²) in [5, 5.41) is 6.40. The van der Waals surface area contributed by atoms with E-state index in [1.807, 2.05) is 6.07 Å². The Balaban J connectivity index is 1.74. The summed E-state index contributed by atoms with van der Waals surface area (Å²) in [6, 6.07) is 6.22. The highest BCUT2D eigenvalue weighted by molar-refractivity contribution is 5.54. The zero-order valence-electron chi connectivity index (χ0n) is 10.8. The normalized spacial score (nSPS) is 14.9. The molecule has 19 heavy (non-hydrogen) atoms. The quantitative estimate of drug-likeness (QED) is 0.802. The van der Waals surface area contributed by atoms with E-state index in [0.29, 0.717) is 13.1 Å². The van der Waals surface area contributed by atoms with Gasteiger partial charge in [0, 0.05) is 25.2 Å². The van der Waals surface area contributed by atoms with Gasteiger partial charge in [-0.25, -0.2) is 0 Å². The van der Waals surface area contributed by atoms with Gasteiger partial charge < -0.3 is 10.6 Å². The van der Waals surface area contributed by atoms with E-state index in [0.717, 1.165) is 24.9 Å². The van der Waals surface area contributed by atoms with E-state index in [4.69, 9.17) is 0 Å². The third-order valence-corrected chi connectivity index (χ3v) is 3.25. The zero-order valence-corrected chi connectivity index (χ0v) is 10.8. The Hall–Kier alpha value is -1.23. The van der Waals surface area contributed by atoms with Gasteiger partial charge in [-0.05, 0) is 43.0 Å². The molecule has 0 atom stereocenters. The molecule has 2 rings (SSSR count). The molecule has 0 fully saturated rings. The van der Waals surface area contributed by atoms with E-state index in [2.05, 4.69) is 22.8 Å². The number of hydrogen-bond donors (Lipinski definition) is 2. The Morgan fingerprint density at radius 3 is 2.89 bits per heavy atom. The highest BCUT2D eigenvalue weighted by Gasteiger charge is 2.25. The van der Waals surface area contributed by atoms with E-state index >= 15 is 0 Å². The summed E-state index contributed by atoms with van der Waals surface area (Å²) in [5.41, 5.74) is 3.63. The van der Waals surface area contributed by atoms with Crippen molar-refractivity contribution >= 4 is 5.69 Å². The first-order chi connectivity index (χ1) is 9.04. The third-order valence-electron chi connectivity index (χ3n) is 3.25. The number of rotatable bonds is 5. The van der Waals surface area contributed by atoms with Crippen LogP contribution in [0.5, 0.6) is 0 Å². The maximum absolute atomic E-state index is 12.0. The number of halogens is 3. The van der Waals surface area contributed by atoms with Crippen molar-refractivity contribution in [2.24, 2.45) is 0 Å². The van der Waals surface area contributed by atoms with Gasteiger partial charge in [0.15, 0.2) is 0 Å². The fourth-order valence-corrected chi connectivity index (χ4v) is 2.28. The summed E-state index contributed by atoms with van der Waals surface area (Å²) < 4.78 is 35.9. The minimum absolute atomic E-state index is 0.135. The van der Waals surface area contributed by atoms with Crippen molar-refractivity contribution in [3.63, 3.8) is 0 Å². The number of benzene rings is 1. The van der Waals surface area contributed by atoms with Crippen LogP contribution in [0.1, 0.15) is 30.4 Å². The van der Waals surface area contributed by atoms with Crippen LogP contribution in [0.15, 0.2) is 18.2 Å². The molecule has 0 spiro atoms. The number of anilines is 1. The van der Waals surface area contributed by atoms with Crippen molar-refractivity contribution in [1.82, 2.24) is 5.32 Å². The lowest BCUT2D eigenvalue weighted by Gasteiger charge is -2.18. The number of fused-ring (bicyclic) bond motifs is 1. The van der Waals surface area contributed by atoms with Crippen LogP contribution in [-0.4, -0.2) is 19.3 Å². The number of nitrogens with one attached hydrogen (secondary N) is 2. The van der Waals surface area contributed by atoms with Gasteiger partial charge in [-0.1, -0.05) is 12.1 Å². The van der Waals surface area contributed by atoms with Crippen LogP contribution in [0, 0.1) is 0 Å². The first-order valence-electron chi connectivity index (χ1n) is 6.68. The van der Waals surface area contributed by atoms with Crippen molar-refractivity contribution in [1.29, 1.82) is 0 Å². The van der Waals surface area contributed by atoms with Gasteiger partial charge in [0.2, 0.25) is 0 Å². The Labute approximate surface area is 111 Å². The monoisotopic (exact) mass is 272 g/mol. The summed E-state index contributed by atoms with van der Waals surface area (Å²) in [7, 11) is 0. The Kier molecular flexibility index (Phi) is 4.69. The topological polar surface area (TPSA) is 24.1 Å². The van der Waals surface area contributed by atoms with Crippen LogP contribution in [0.2, 0.25) is 0 Å². The second-order valence-corrected chi connectivity index (χ2v) is 4.92. The molecule has 1 aliphatic heterocycles. The molecule has 0 saturated heterocycles. The largest absolute Gasteiger partial charge is 0.389 e. The van der Waals surface area contributed by atoms with Gasteiger partial charge in [-0.2, -0.15) is 13.2 Å². The van der Waals surface area contributed by atoms with Gasteiger partial charge in [0.05, 0.1) is 0 Å². The van der Waals surface area contributed by atoms with E-state index < -0.39 is 12.6 Å². The predicted molar refractivity (Wildman–Crippen MR) is 70.2 cm³/mol. The lowest BCUT2D eigenvalue weighted by atomic mass is 10.0. The van der Waals surface area contributed by atoms with Gasteiger partial charge in [0.1, 0.15) is 0 Å². The number of alkyl halides is 3. The molecule has 5 heteroatoms. The molecule has 0 radical (unpaired) electrons. The summed E-state index contributed by atoms with van der Waals surface area (Å²) in [4.78, 5) is 0. The van der Waals surface area contributed by atoms with Gasteiger partial charge in [-0.15, -0.1) is 0 Å². The second-order valence-electron chi connectivity index (χ2n) is 4.92. The minimum atomic E-state index is -4.04. The van der Waals surface area contributed by atoms with E-state index in [9.17, 15) is 13.2 Å². The molecule has 1 aliphatic rings. The SMILES string of the molecule is FC(F)(F)CCCNCc1ccc2c(c1)CCCN2. The van der Waals surface area contributed by atoms with Crippen LogP contribution < -0.4 is 10.6 Å². The summed E-state index contributed by atoms with van der Waals surface area (Å²) in [6.45, 7) is 2.04. The van der Waals surface area contributed by atoms with E-state index in [1.54, 1.807) is 0 Å². The second kappa shape index (κ2) is 6.28. The Morgan fingerprint density at radius 1 is 1.26 bits per heavy atom. The van der Waals surface area contributed by atoms with Gasteiger partial charge in [0.25, 0.3) is 0 Å². The molecule has 1 aromatic rings. The minimum Gasteiger partial charge on any atom is -0.385 e. The van der Waals surface area contributed by atoms with Crippen molar-refractivity contribution in [3.8, 4) is 0 Å². The lowest BCUT2D eigenvalue weighted by Crippen LogP contribution is -2.18. The van der Waals surface area contributed by atoms with Crippen molar-refractivity contribution < 1.29 is 13.2 Å². The summed E-state index contributed by atoms with van der Waals surface area (Å²) in [5.74, 6) is 0. The average molecular weight is 272 g/mol. The van der Waals surface area contributed by atoms with Crippen molar-refractivity contribution in [3.05, 3.63) is 29.3 Å². The maximum Gasteiger partial charge on any atom is 0.389 e. The molecule has 0 aliphatic carbocycles. The molecule has 2 nitrogen and oxygen atoms in total. The van der Waals surface area contributed by atoms with Crippen molar-refractivity contribution in [2.45, 2.75) is 38.4 Å². The summed E-state index contributed by atoms with van der Waals surface area (Å²) >= 11 is 0. The van der Waals surface area contributed by atoms with Gasteiger partial charge >= 0.3 is 6.18 Å². The first-order valence-corrected chi connectivity index (χ1v) is 6.68. The summed E-state index contributed by atoms with van der Waals surface area (Å²) in [6.07, 6.45) is -2.41. The van der Waals surface area contributed by atoms with Crippen molar-refractivity contribution in [2.75, 3.05) is 18.4 Å². The maximum atomic E-state index is 12.0.